The van der Waals surface area contributed by atoms with Crippen LogP contribution in [0.4, 0.5) is 0 Å². The van der Waals surface area contributed by atoms with Gasteiger partial charge in [-0.1, -0.05) is 15.9 Å². The van der Waals surface area contributed by atoms with Crippen LogP contribution in [-0.2, 0) is 0 Å². The fraction of sp³-hybridized carbons (Fsp3) is 0.462. The van der Waals surface area contributed by atoms with E-state index in [-0.39, 0.29) is 5.91 Å². The maximum atomic E-state index is 12.1. The number of halogens is 2. The van der Waals surface area contributed by atoms with Crippen molar-refractivity contribution in [3.05, 3.63) is 32.7 Å². The fourth-order valence-corrected chi connectivity index (χ4v) is 3.69. The van der Waals surface area contributed by atoms with Crippen molar-refractivity contribution in [3.8, 4) is 0 Å². The highest BCUT2D eigenvalue weighted by atomic mass is 79.9. The molecule has 1 aromatic rings. The number of rotatable bonds is 4. The van der Waals surface area contributed by atoms with Crippen LogP contribution < -0.4 is 5.32 Å². The average Bonchev–Trinajstić information content (AvgIpc) is 2.42. The number of nitrogens with one attached hydrogen (secondary N) is 1. The van der Waals surface area contributed by atoms with E-state index in [4.69, 9.17) is 0 Å². The SMILES string of the molecule is O=C(NCCN1CCSCC1)c1cc(Br)ccc1Br. The Morgan fingerprint density at radius 3 is 2.79 bits per heavy atom. The molecule has 1 N–H and O–H groups in total. The van der Waals surface area contributed by atoms with Gasteiger partial charge in [-0.05, 0) is 34.1 Å². The van der Waals surface area contributed by atoms with E-state index < -0.39 is 0 Å². The van der Waals surface area contributed by atoms with Crippen molar-refractivity contribution < 1.29 is 4.79 Å². The van der Waals surface area contributed by atoms with Gasteiger partial charge in [0.15, 0.2) is 0 Å². The fourth-order valence-electron chi connectivity index (χ4n) is 1.92. The third-order valence-corrected chi connectivity index (χ3v) is 5.12. The van der Waals surface area contributed by atoms with Gasteiger partial charge in [0.2, 0.25) is 0 Å². The number of carbonyl (C=O) groups is 1. The van der Waals surface area contributed by atoms with E-state index in [0.717, 1.165) is 28.6 Å². The normalized spacial score (nSPS) is 16.3. The summed E-state index contributed by atoms with van der Waals surface area (Å²) < 4.78 is 1.73. The number of carbonyl (C=O) groups excluding carboxylic acids is 1. The molecular weight excluding hydrogens is 392 g/mol. The van der Waals surface area contributed by atoms with Gasteiger partial charge in [0.05, 0.1) is 5.56 Å². The van der Waals surface area contributed by atoms with E-state index in [0.29, 0.717) is 12.1 Å². The molecule has 6 heteroatoms. The molecule has 0 unspecified atom stereocenters. The molecule has 1 saturated heterocycles. The van der Waals surface area contributed by atoms with E-state index in [1.807, 2.05) is 30.0 Å². The Morgan fingerprint density at radius 2 is 2.05 bits per heavy atom. The first kappa shape index (κ1) is 15.4. The number of hydrogen-bond donors (Lipinski definition) is 1. The monoisotopic (exact) mass is 406 g/mol. The third kappa shape index (κ3) is 4.77. The first-order valence-corrected chi connectivity index (χ1v) is 8.94. The second-order valence-corrected chi connectivity index (χ2v) is 7.33. The lowest BCUT2D eigenvalue weighted by Crippen LogP contribution is -2.39. The van der Waals surface area contributed by atoms with Crippen molar-refractivity contribution in [2.75, 3.05) is 37.7 Å². The van der Waals surface area contributed by atoms with Crippen LogP contribution in [0.1, 0.15) is 10.4 Å². The van der Waals surface area contributed by atoms with Gasteiger partial charge in [-0.2, -0.15) is 11.8 Å². The molecule has 0 aliphatic carbocycles. The van der Waals surface area contributed by atoms with Crippen LogP contribution in [-0.4, -0.2) is 48.5 Å². The molecule has 0 aromatic heterocycles. The number of hydrogen-bond acceptors (Lipinski definition) is 3. The Kier molecular flexibility index (Phi) is 6.19. The van der Waals surface area contributed by atoms with Crippen LogP contribution in [0.15, 0.2) is 27.1 Å². The molecule has 19 heavy (non-hydrogen) atoms. The topological polar surface area (TPSA) is 32.3 Å². The largest absolute Gasteiger partial charge is 0.351 e. The van der Waals surface area contributed by atoms with Gasteiger partial charge in [0.1, 0.15) is 0 Å². The Bertz CT molecular complexity index is 450. The Hall–Kier alpha value is -0.0400. The molecule has 0 radical (unpaired) electrons. The van der Waals surface area contributed by atoms with Crippen LogP contribution in [0.5, 0.6) is 0 Å². The smallest absolute Gasteiger partial charge is 0.252 e. The van der Waals surface area contributed by atoms with Crippen LogP contribution >= 0.6 is 43.6 Å². The van der Waals surface area contributed by atoms with Gasteiger partial charge in [-0.25, -0.2) is 0 Å². The summed E-state index contributed by atoms with van der Waals surface area (Å²) in [5.41, 5.74) is 0.670. The Morgan fingerprint density at radius 1 is 1.32 bits per heavy atom. The summed E-state index contributed by atoms with van der Waals surface area (Å²) in [7, 11) is 0. The first-order chi connectivity index (χ1) is 9.16. The van der Waals surface area contributed by atoms with E-state index in [9.17, 15) is 4.79 Å². The van der Waals surface area contributed by atoms with Gasteiger partial charge >= 0.3 is 0 Å². The van der Waals surface area contributed by atoms with Crippen LogP contribution in [0.2, 0.25) is 0 Å². The molecule has 0 bridgehead atoms. The lowest BCUT2D eigenvalue weighted by molar-refractivity contribution is 0.0948. The van der Waals surface area contributed by atoms with Gasteiger partial charge in [-0.3, -0.25) is 9.69 Å². The molecule has 1 amide bonds. The van der Waals surface area contributed by atoms with E-state index in [1.54, 1.807) is 0 Å². The minimum Gasteiger partial charge on any atom is -0.351 e. The lowest BCUT2D eigenvalue weighted by Gasteiger charge is -2.26. The van der Waals surface area contributed by atoms with E-state index >= 15 is 0 Å². The van der Waals surface area contributed by atoms with Crippen LogP contribution in [0.25, 0.3) is 0 Å². The number of benzene rings is 1. The molecule has 2 rings (SSSR count). The highest BCUT2D eigenvalue weighted by Crippen LogP contribution is 2.21. The molecule has 0 atom stereocenters. The zero-order chi connectivity index (χ0) is 13.7. The van der Waals surface area contributed by atoms with Gasteiger partial charge < -0.3 is 5.32 Å². The molecule has 0 spiro atoms. The van der Waals surface area contributed by atoms with E-state index in [2.05, 4.69) is 42.1 Å². The third-order valence-electron chi connectivity index (χ3n) is 2.99. The van der Waals surface area contributed by atoms with Gasteiger partial charge in [-0.15, -0.1) is 0 Å². The maximum Gasteiger partial charge on any atom is 0.252 e. The molecular formula is C13H16Br2N2OS. The molecule has 1 aromatic carbocycles. The molecule has 1 heterocycles. The zero-order valence-corrected chi connectivity index (χ0v) is 14.5. The van der Waals surface area contributed by atoms with Crippen LogP contribution in [0.3, 0.4) is 0 Å². The summed E-state index contributed by atoms with van der Waals surface area (Å²) in [5.74, 6) is 2.37. The maximum absolute atomic E-state index is 12.1. The highest BCUT2D eigenvalue weighted by Gasteiger charge is 2.12. The number of nitrogens with zero attached hydrogens (tertiary/aromatic N) is 1. The minimum absolute atomic E-state index is 0.0282. The summed E-state index contributed by atoms with van der Waals surface area (Å²) >= 11 is 8.79. The predicted octanol–water partition coefficient (Wildman–Crippen LogP) is 2.99. The van der Waals surface area contributed by atoms with Crippen molar-refractivity contribution in [1.82, 2.24) is 10.2 Å². The highest BCUT2D eigenvalue weighted by molar-refractivity contribution is 9.11. The summed E-state index contributed by atoms with van der Waals surface area (Å²) in [6.07, 6.45) is 0. The molecule has 1 aliphatic rings. The number of amides is 1. The van der Waals surface area contributed by atoms with E-state index in [1.165, 1.54) is 11.5 Å². The average molecular weight is 408 g/mol. The second kappa shape index (κ2) is 7.67. The van der Waals surface area contributed by atoms with Crippen molar-refractivity contribution in [1.29, 1.82) is 0 Å². The zero-order valence-electron chi connectivity index (χ0n) is 10.5. The molecule has 1 aliphatic heterocycles. The summed E-state index contributed by atoms with van der Waals surface area (Å²) in [6, 6.07) is 5.62. The summed E-state index contributed by atoms with van der Waals surface area (Å²) in [5, 5.41) is 2.98. The Balaban J connectivity index is 1.82. The predicted molar refractivity (Wildman–Crippen MR) is 87.9 cm³/mol. The van der Waals surface area contributed by atoms with Crippen LogP contribution in [0, 0.1) is 0 Å². The van der Waals surface area contributed by atoms with Crippen molar-refractivity contribution >= 4 is 49.5 Å². The minimum atomic E-state index is -0.0282. The molecule has 1 fully saturated rings. The van der Waals surface area contributed by atoms with Gasteiger partial charge in [0.25, 0.3) is 5.91 Å². The Labute approximate surface area is 134 Å². The van der Waals surface area contributed by atoms with Crippen molar-refractivity contribution in [2.45, 2.75) is 0 Å². The quantitative estimate of drug-likeness (QED) is 0.832. The second-order valence-electron chi connectivity index (χ2n) is 4.33. The first-order valence-electron chi connectivity index (χ1n) is 6.20. The summed E-state index contributed by atoms with van der Waals surface area (Å²) in [6.45, 7) is 3.88. The molecule has 0 saturated carbocycles. The van der Waals surface area contributed by atoms with Gasteiger partial charge in [0, 0.05) is 46.6 Å². The van der Waals surface area contributed by atoms with Crippen molar-refractivity contribution in [2.24, 2.45) is 0 Å². The molecule has 3 nitrogen and oxygen atoms in total. The number of thioether (sulfide) groups is 1. The lowest BCUT2D eigenvalue weighted by atomic mass is 10.2. The van der Waals surface area contributed by atoms with Crippen molar-refractivity contribution in [3.63, 3.8) is 0 Å². The summed E-state index contributed by atoms with van der Waals surface area (Å²) in [4.78, 5) is 14.5. The standard InChI is InChI=1S/C13H16Br2N2OS/c14-10-1-2-12(15)11(9-10)13(18)16-3-4-17-5-7-19-8-6-17/h1-2,9H,3-8H2,(H,16,18). The molecule has 104 valence electrons.